The average molecular weight is 407 g/mol. The van der Waals surface area contributed by atoms with E-state index in [0.717, 1.165) is 16.8 Å². The summed E-state index contributed by atoms with van der Waals surface area (Å²) in [4.78, 5) is 0.271. The summed E-state index contributed by atoms with van der Waals surface area (Å²) < 4.78 is 27.1. The summed E-state index contributed by atoms with van der Waals surface area (Å²) in [6.07, 6.45) is 0.597. The van der Waals surface area contributed by atoms with Crippen LogP contribution in [0.5, 0.6) is 0 Å². The first kappa shape index (κ1) is 17.2. The monoisotopic (exact) mass is 406 g/mol. The summed E-state index contributed by atoms with van der Waals surface area (Å²) in [5, 5.41) is 4.98. The molecule has 0 fully saturated rings. The van der Waals surface area contributed by atoms with E-state index < -0.39 is 10.0 Å². The Morgan fingerprint density at radius 1 is 1.04 bits per heavy atom. The van der Waals surface area contributed by atoms with Gasteiger partial charge in [0, 0.05) is 11.8 Å². The first-order valence-electron chi connectivity index (χ1n) is 7.73. The molecule has 0 N–H and O–H groups in total. The van der Waals surface area contributed by atoms with E-state index >= 15 is 0 Å². The van der Waals surface area contributed by atoms with E-state index in [9.17, 15) is 8.42 Å². The number of alkyl halides is 1. The van der Waals surface area contributed by atoms with Crippen LogP contribution in [0.2, 0.25) is 0 Å². The molecule has 2 aromatic rings. The van der Waals surface area contributed by atoms with E-state index in [1.807, 2.05) is 38.1 Å². The number of hydrogen-bond donors (Lipinski definition) is 0. The molecule has 1 heterocycles. The second-order valence-electron chi connectivity index (χ2n) is 6.02. The van der Waals surface area contributed by atoms with E-state index in [2.05, 4.69) is 21.0 Å². The van der Waals surface area contributed by atoms with Gasteiger partial charge in [0.05, 0.1) is 16.6 Å². The van der Waals surface area contributed by atoms with Crippen molar-refractivity contribution < 1.29 is 8.42 Å². The third kappa shape index (κ3) is 3.26. The molecular formula is C18H19BrN2O2S. The highest BCUT2D eigenvalue weighted by Gasteiger charge is 2.36. The first-order chi connectivity index (χ1) is 11.4. The fourth-order valence-corrected chi connectivity index (χ4v) is 4.78. The van der Waals surface area contributed by atoms with Crippen LogP contribution in [0.4, 0.5) is 0 Å². The quantitative estimate of drug-likeness (QED) is 0.723. The van der Waals surface area contributed by atoms with Gasteiger partial charge < -0.3 is 0 Å². The van der Waals surface area contributed by atoms with Crippen molar-refractivity contribution in [2.75, 3.05) is 5.33 Å². The van der Waals surface area contributed by atoms with Crippen LogP contribution in [0.25, 0.3) is 0 Å². The van der Waals surface area contributed by atoms with Gasteiger partial charge >= 0.3 is 0 Å². The molecule has 1 aliphatic rings. The average Bonchev–Trinajstić information content (AvgIpc) is 3.01. The minimum atomic E-state index is -3.65. The summed E-state index contributed by atoms with van der Waals surface area (Å²) in [7, 11) is -3.65. The Bertz CT molecular complexity index is 859. The summed E-state index contributed by atoms with van der Waals surface area (Å²) in [6, 6.07) is 14.7. The van der Waals surface area contributed by atoms with Crippen molar-refractivity contribution in [1.29, 1.82) is 0 Å². The SMILES string of the molecule is Cc1ccc(C2=NN(S(=O)(=O)c3ccc(C)cc3)C(CBr)C2)cc1. The molecule has 0 bridgehead atoms. The number of nitrogens with zero attached hydrogens (tertiary/aromatic N) is 2. The van der Waals surface area contributed by atoms with Crippen molar-refractivity contribution in [2.45, 2.75) is 31.2 Å². The third-order valence-electron chi connectivity index (χ3n) is 4.09. The molecule has 0 saturated heterocycles. The van der Waals surface area contributed by atoms with Gasteiger partial charge in [0.2, 0.25) is 0 Å². The van der Waals surface area contributed by atoms with Crippen molar-refractivity contribution in [3.63, 3.8) is 0 Å². The largest absolute Gasteiger partial charge is 0.279 e. The Balaban J connectivity index is 1.98. The molecule has 1 aliphatic heterocycles. The summed E-state index contributed by atoms with van der Waals surface area (Å²) in [6.45, 7) is 3.96. The minimum absolute atomic E-state index is 0.215. The Morgan fingerprint density at radius 2 is 1.58 bits per heavy atom. The zero-order chi connectivity index (χ0) is 17.3. The Kier molecular flexibility index (Phi) is 4.78. The Morgan fingerprint density at radius 3 is 2.12 bits per heavy atom. The normalized spacial score (nSPS) is 17.9. The van der Waals surface area contributed by atoms with Crippen LogP contribution >= 0.6 is 15.9 Å². The van der Waals surface area contributed by atoms with Gasteiger partial charge in [-0.2, -0.15) is 17.9 Å². The van der Waals surface area contributed by atoms with Crippen molar-refractivity contribution in [3.05, 3.63) is 65.2 Å². The van der Waals surface area contributed by atoms with E-state index in [-0.39, 0.29) is 10.9 Å². The van der Waals surface area contributed by atoms with Crippen molar-refractivity contribution in [2.24, 2.45) is 5.10 Å². The molecule has 0 radical (unpaired) electrons. The van der Waals surface area contributed by atoms with Gasteiger partial charge in [-0.1, -0.05) is 63.5 Å². The number of sulfonamides is 1. The van der Waals surface area contributed by atoms with Crippen LogP contribution in [-0.2, 0) is 10.0 Å². The molecule has 2 aromatic carbocycles. The van der Waals surface area contributed by atoms with Gasteiger partial charge in [-0.15, -0.1) is 0 Å². The zero-order valence-corrected chi connectivity index (χ0v) is 16.0. The molecule has 3 rings (SSSR count). The standard InChI is InChI=1S/C18H19BrN2O2S/c1-13-3-7-15(8-4-13)18-11-16(12-19)21(20-18)24(22,23)17-9-5-14(2)6-10-17/h3-10,16H,11-12H2,1-2H3. The fourth-order valence-electron chi connectivity index (χ4n) is 2.65. The molecule has 1 atom stereocenters. The molecule has 1 unspecified atom stereocenters. The first-order valence-corrected chi connectivity index (χ1v) is 10.3. The number of hydrogen-bond acceptors (Lipinski definition) is 3. The minimum Gasteiger partial charge on any atom is -0.200 e. The predicted molar refractivity (Wildman–Crippen MR) is 100 cm³/mol. The fraction of sp³-hybridized carbons (Fsp3) is 0.278. The van der Waals surface area contributed by atoms with Crippen LogP contribution in [0.1, 0.15) is 23.1 Å². The molecule has 0 saturated carbocycles. The lowest BCUT2D eigenvalue weighted by molar-refractivity contribution is 0.389. The van der Waals surface area contributed by atoms with Gasteiger partial charge in [-0.25, -0.2) is 0 Å². The molecule has 0 amide bonds. The van der Waals surface area contributed by atoms with Crippen molar-refractivity contribution in [3.8, 4) is 0 Å². The molecule has 0 aliphatic carbocycles. The number of rotatable bonds is 4. The number of benzene rings is 2. The molecule has 126 valence electrons. The lowest BCUT2D eigenvalue weighted by Crippen LogP contribution is -2.33. The lowest BCUT2D eigenvalue weighted by atomic mass is 10.0. The molecule has 0 aromatic heterocycles. The summed E-state index contributed by atoms with van der Waals surface area (Å²) in [5.74, 6) is 0. The maximum atomic E-state index is 12.9. The van der Waals surface area contributed by atoms with Crippen LogP contribution in [0.15, 0.2) is 58.5 Å². The molecule has 6 heteroatoms. The molecule has 0 spiro atoms. The third-order valence-corrected chi connectivity index (χ3v) is 6.58. The van der Waals surface area contributed by atoms with Gasteiger partial charge in [-0.3, -0.25) is 0 Å². The van der Waals surface area contributed by atoms with E-state index in [0.29, 0.717) is 11.8 Å². The lowest BCUT2D eigenvalue weighted by Gasteiger charge is -2.21. The summed E-state index contributed by atoms with van der Waals surface area (Å²) >= 11 is 3.43. The number of hydrazone groups is 1. The second kappa shape index (κ2) is 6.69. The van der Waals surface area contributed by atoms with Gasteiger partial charge in [0.25, 0.3) is 10.0 Å². The van der Waals surface area contributed by atoms with E-state index in [1.54, 1.807) is 24.3 Å². The van der Waals surface area contributed by atoms with E-state index in [4.69, 9.17) is 0 Å². The Hall–Kier alpha value is -1.66. The van der Waals surface area contributed by atoms with Crippen LogP contribution < -0.4 is 0 Å². The van der Waals surface area contributed by atoms with Gasteiger partial charge in [0.1, 0.15) is 0 Å². The second-order valence-corrected chi connectivity index (χ2v) is 8.46. The molecule has 24 heavy (non-hydrogen) atoms. The van der Waals surface area contributed by atoms with Crippen LogP contribution in [-0.4, -0.2) is 29.9 Å². The topological polar surface area (TPSA) is 49.7 Å². The number of halogens is 1. The predicted octanol–water partition coefficient (Wildman–Crippen LogP) is 3.87. The molecule has 4 nitrogen and oxygen atoms in total. The van der Waals surface area contributed by atoms with Crippen LogP contribution in [0, 0.1) is 13.8 Å². The summed E-state index contributed by atoms with van der Waals surface area (Å²) in [5.41, 5.74) is 3.96. The maximum absolute atomic E-state index is 12.9. The highest BCUT2D eigenvalue weighted by molar-refractivity contribution is 9.09. The zero-order valence-electron chi connectivity index (χ0n) is 13.6. The Labute approximate surface area is 151 Å². The highest BCUT2D eigenvalue weighted by Crippen LogP contribution is 2.28. The maximum Gasteiger partial charge on any atom is 0.279 e. The van der Waals surface area contributed by atoms with Crippen LogP contribution in [0.3, 0.4) is 0 Å². The van der Waals surface area contributed by atoms with Gasteiger partial charge in [0.15, 0.2) is 0 Å². The van der Waals surface area contributed by atoms with Crippen molar-refractivity contribution in [1.82, 2.24) is 4.41 Å². The molecular weight excluding hydrogens is 388 g/mol. The smallest absolute Gasteiger partial charge is 0.200 e. The van der Waals surface area contributed by atoms with Crippen molar-refractivity contribution >= 4 is 31.7 Å². The van der Waals surface area contributed by atoms with Gasteiger partial charge in [-0.05, 0) is 31.5 Å². The highest BCUT2D eigenvalue weighted by atomic mass is 79.9. The number of aryl methyl sites for hydroxylation is 2. The van der Waals surface area contributed by atoms with E-state index in [1.165, 1.54) is 9.98 Å².